The molecule has 1 heterocycles. The monoisotopic (exact) mass is 163 g/mol. The fourth-order valence-corrected chi connectivity index (χ4v) is 1.11. The van der Waals surface area contributed by atoms with Gasteiger partial charge >= 0.3 is 6.01 Å². The van der Waals surface area contributed by atoms with Crippen molar-refractivity contribution in [3.8, 4) is 0 Å². The molecule has 0 bridgehead atoms. The molecule has 2 aromatic rings. The highest BCUT2D eigenvalue weighted by atomic mass is 16.4. The minimum absolute atomic E-state index is 0.774. The number of nitrogens with one attached hydrogen (secondary N) is 1. The maximum absolute atomic E-state index is 5.50. The Kier molecular flexibility index (Phi) is 1.50. The van der Waals surface area contributed by atoms with Gasteiger partial charge in [0.15, 0.2) is 11.1 Å². The van der Waals surface area contributed by atoms with Crippen molar-refractivity contribution in [3.05, 3.63) is 24.3 Å². The van der Waals surface area contributed by atoms with E-state index in [4.69, 9.17) is 4.42 Å². The summed E-state index contributed by atoms with van der Waals surface area (Å²) in [5, 5.41) is 0. The Balaban J connectivity index is 2.62. The summed E-state index contributed by atoms with van der Waals surface area (Å²) in [6.45, 7) is 0. The molecule has 62 valence electrons. The number of aromatic nitrogens is 1. The first-order chi connectivity index (χ1) is 5.77. The molecule has 2 rings (SSSR count). The summed E-state index contributed by atoms with van der Waals surface area (Å²) in [6, 6.07) is 8.65. The lowest BCUT2D eigenvalue weighted by molar-refractivity contribution is -0.337. The lowest BCUT2D eigenvalue weighted by Gasteiger charge is -1.93. The molecule has 0 saturated carbocycles. The maximum Gasteiger partial charge on any atom is 0.454 e. The van der Waals surface area contributed by atoms with Crippen molar-refractivity contribution in [1.29, 1.82) is 0 Å². The molecule has 0 atom stereocenters. The maximum atomic E-state index is 5.50. The molecule has 0 unspecified atom stereocenters. The molecule has 0 aliphatic rings. The van der Waals surface area contributed by atoms with E-state index in [1.165, 1.54) is 0 Å². The highest BCUT2D eigenvalue weighted by Gasteiger charge is 2.11. The van der Waals surface area contributed by atoms with Crippen molar-refractivity contribution in [2.45, 2.75) is 0 Å². The predicted octanol–water partition coefficient (Wildman–Crippen LogP) is 1.31. The second-order valence-corrected chi connectivity index (χ2v) is 2.92. The second kappa shape index (κ2) is 2.52. The fraction of sp³-hybridized carbons (Fsp3) is 0.222. The van der Waals surface area contributed by atoms with Gasteiger partial charge in [0.05, 0.1) is 14.1 Å². The number of hydrogen-bond acceptors (Lipinski definition) is 2. The van der Waals surface area contributed by atoms with Crippen LogP contribution in [-0.4, -0.2) is 14.1 Å². The van der Waals surface area contributed by atoms with Gasteiger partial charge < -0.3 is 4.42 Å². The Labute approximate surface area is 70.6 Å². The molecule has 3 nitrogen and oxygen atoms in total. The minimum atomic E-state index is 0.774. The van der Waals surface area contributed by atoms with Crippen molar-refractivity contribution in [3.63, 3.8) is 0 Å². The van der Waals surface area contributed by atoms with Gasteiger partial charge in [-0.05, 0) is 12.1 Å². The largest absolute Gasteiger partial charge is 0.454 e. The van der Waals surface area contributed by atoms with Gasteiger partial charge in [-0.3, -0.25) is 0 Å². The van der Waals surface area contributed by atoms with E-state index in [2.05, 4.69) is 4.98 Å². The Hall–Kier alpha value is -1.51. The fourth-order valence-electron chi connectivity index (χ4n) is 1.11. The third-order valence-corrected chi connectivity index (χ3v) is 1.74. The third kappa shape index (κ3) is 1.03. The molecule has 0 aliphatic heterocycles. The van der Waals surface area contributed by atoms with Gasteiger partial charge in [-0.15, -0.1) is 0 Å². The van der Waals surface area contributed by atoms with Crippen molar-refractivity contribution in [2.75, 3.05) is 19.0 Å². The van der Waals surface area contributed by atoms with E-state index in [1.807, 2.05) is 43.3 Å². The molecule has 1 aromatic heterocycles. The number of nitrogens with zero attached hydrogens (tertiary/aromatic N) is 1. The summed E-state index contributed by atoms with van der Waals surface area (Å²) in [4.78, 5) is 5.06. The average Bonchev–Trinajstić information content (AvgIpc) is 2.46. The van der Waals surface area contributed by atoms with Gasteiger partial charge in [-0.2, -0.15) is 0 Å². The van der Waals surface area contributed by atoms with Crippen LogP contribution in [0.15, 0.2) is 28.7 Å². The van der Waals surface area contributed by atoms with Crippen LogP contribution < -0.4 is 9.88 Å². The summed E-state index contributed by atoms with van der Waals surface area (Å²) < 4.78 is 5.50. The molecule has 0 aliphatic carbocycles. The van der Waals surface area contributed by atoms with Crippen molar-refractivity contribution in [1.82, 2.24) is 0 Å². The number of para-hydroxylation sites is 2. The predicted molar refractivity (Wildman–Crippen MR) is 47.1 cm³/mol. The number of benzene rings is 1. The van der Waals surface area contributed by atoms with Crippen LogP contribution in [0.4, 0.5) is 6.01 Å². The van der Waals surface area contributed by atoms with E-state index in [9.17, 15) is 0 Å². The first kappa shape index (κ1) is 7.16. The van der Waals surface area contributed by atoms with Crippen LogP contribution >= 0.6 is 0 Å². The molecular formula is C9H11N2O+. The summed E-state index contributed by atoms with van der Waals surface area (Å²) in [5.74, 6) is 0. The van der Waals surface area contributed by atoms with Crippen molar-refractivity contribution in [2.24, 2.45) is 0 Å². The van der Waals surface area contributed by atoms with Crippen LogP contribution in [0, 0.1) is 0 Å². The van der Waals surface area contributed by atoms with E-state index in [0.717, 1.165) is 17.1 Å². The van der Waals surface area contributed by atoms with E-state index < -0.39 is 0 Å². The van der Waals surface area contributed by atoms with Crippen LogP contribution in [0.25, 0.3) is 11.1 Å². The second-order valence-electron chi connectivity index (χ2n) is 2.92. The van der Waals surface area contributed by atoms with Crippen LogP contribution in [0.1, 0.15) is 0 Å². The van der Waals surface area contributed by atoms with Crippen molar-refractivity contribution >= 4 is 17.1 Å². The zero-order chi connectivity index (χ0) is 8.55. The third-order valence-electron chi connectivity index (χ3n) is 1.74. The first-order valence-electron chi connectivity index (χ1n) is 3.85. The number of H-pyrrole nitrogens is 1. The highest BCUT2D eigenvalue weighted by Crippen LogP contribution is 2.14. The number of oxazole rings is 1. The van der Waals surface area contributed by atoms with Gasteiger partial charge in [0.25, 0.3) is 0 Å². The summed E-state index contributed by atoms with van der Waals surface area (Å²) in [5.41, 5.74) is 1.92. The first-order valence-corrected chi connectivity index (χ1v) is 3.85. The molecule has 1 N–H and O–H groups in total. The zero-order valence-corrected chi connectivity index (χ0v) is 7.16. The topological polar surface area (TPSA) is 30.5 Å². The smallest absolute Gasteiger partial charge is 0.387 e. The normalized spacial score (nSPS) is 10.5. The lowest BCUT2D eigenvalue weighted by Crippen LogP contribution is -2.16. The van der Waals surface area contributed by atoms with Gasteiger partial charge in [0, 0.05) is 0 Å². The van der Waals surface area contributed by atoms with E-state index >= 15 is 0 Å². The van der Waals surface area contributed by atoms with Crippen LogP contribution in [0.5, 0.6) is 0 Å². The Morgan fingerprint density at radius 3 is 2.67 bits per heavy atom. The molecule has 0 spiro atoms. The van der Waals surface area contributed by atoms with Gasteiger partial charge in [-0.1, -0.05) is 12.1 Å². The molecule has 0 radical (unpaired) electrons. The minimum Gasteiger partial charge on any atom is -0.387 e. The lowest BCUT2D eigenvalue weighted by atomic mass is 10.3. The number of hydrogen-bond donors (Lipinski definition) is 0. The Morgan fingerprint density at radius 2 is 2.00 bits per heavy atom. The summed E-state index contributed by atoms with van der Waals surface area (Å²) in [7, 11) is 3.88. The van der Waals surface area contributed by atoms with E-state index in [0.29, 0.717) is 0 Å². The SMILES string of the molecule is CN(C)c1[nH+]c2ccccc2o1. The number of aromatic amines is 1. The zero-order valence-electron chi connectivity index (χ0n) is 7.16. The average molecular weight is 163 g/mol. The Bertz CT molecular complexity index is 359. The van der Waals surface area contributed by atoms with Gasteiger partial charge in [-0.25, -0.2) is 9.88 Å². The summed E-state index contributed by atoms with van der Waals surface area (Å²) in [6.07, 6.45) is 0. The quantitative estimate of drug-likeness (QED) is 0.634. The molecule has 0 saturated heterocycles. The van der Waals surface area contributed by atoms with Crippen LogP contribution in [0.3, 0.4) is 0 Å². The van der Waals surface area contributed by atoms with Crippen LogP contribution in [-0.2, 0) is 0 Å². The van der Waals surface area contributed by atoms with Gasteiger partial charge in [0.2, 0.25) is 0 Å². The van der Waals surface area contributed by atoms with Crippen LogP contribution in [0.2, 0.25) is 0 Å². The molecule has 3 heteroatoms. The highest BCUT2D eigenvalue weighted by molar-refractivity contribution is 5.69. The summed E-state index contributed by atoms with van der Waals surface area (Å²) >= 11 is 0. The molecular weight excluding hydrogens is 152 g/mol. The van der Waals surface area contributed by atoms with E-state index in [1.54, 1.807) is 0 Å². The van der Waals surface area contributed by atoms with Gasteiger partial charge in [0.1, 0.15) is 0 Å². The molecule has 12 heavy (non-hydrogen) atoms. The van der Waals surface area contributed by atoms with E-state index in [-0.39, 0.29) is 0 Å². The molecule has 0 amide bonds. The standard InChI is InChI=1S/C9H10N2O/c1-11(2)9-10-7-5-3-4-6-8(7)12-9/h3-6H,1-2H3/p+1. The number of anilines is 1. The molecule has 1 aromatic carbocycles. The van der Waals surface area contributed by atoms with Crippen molar-refractivity contribution < 1.29 is 9.40 Å². The molecule has 0 fully saturated rings. The Morgan fingerprint density at radius 1 is 1.25 bits per heavy atom. The number of fused-ring (bicyclic) bond motifs is 1. The number of rotatable bonds is 1.